The number of fused-ring (bicyclic) bond motifs is 3. The maximum Gasteiger partial charge on any atom is 0.235 e. The lowest BCUT2D eigenvalue weighted by atomic mass is 9.98. The summed E-state index contributed by atoms with van der Waals surface area (Å²) < 4.78 is 238. The molecule has 636 valence electrons. The number of pyridine rings is 6. The number of ketones is 1. The van der Waals surface area contributed by atoms with Gasteiger partial charge in [0.1, 0.15) is 63.8 Å². The number of aliphatic hydroxyl groups excluding tert-OH is 1. The van der Waals surface area contributed by atoms with Crippen LogP contribution in [0.3, 0.4) is 0 Å². The number of hydrogen-bond donors (Lipinski definition) is 9. The number of nitrogens with one attached hydrogen (secondary N) is 7. The molecule has 39 heteroatoms. The number of aldehydes is 1. The van der Waals surface area contributed by atoms with Crippen LogP contribution < -0.4 is 24.6 Å². The molecule has 121 heavy (non-hydrogen) atoms. The molecular weight excluding hydrogens is 1680 g/mol. The average molecular weight is 1750 g/mol. The highest BCUT2D eigenvalue weighted by Gasteiger charge is 2.30. The largest absolute Gasteiger partial charge is 0.396 e. The summed E-state index contributed by atoms with van der Waals surface area (Å²) >= 11 is 0. The Morgan fingerprint density at radius 2 is 0.843 bits per heavy atom. The Bertz CT molecular complexity index is 6520. The Morgan fingerprint density at radius 1 is 0.430 bits per heavy atom. The first kappa shape index (κ1) is 93.5. The number of nitrogens with two attached hydrogens (primary N) is 1. The van der Waals surface area contributed by atoms with E-state index in [0.29, 0.717) is 39.3 Å². The van der Waals surface area contributed by atoms with Gasteiger partial charge in [0.2, 0.25) is 45.9 Å². The Hall–Kier alpha value is -13.0. The van der Waals surface area contributed by atoms with E-state index in [0.717, 1.165) is 94.0 Å². The number of hydrogen-bond acceptors (Lipinski definition) is 18. The first-order valence-electron chi connectivity index (χ1n) is 35.6. The zero-order chi connectivity index (χ0) is 87.9. The number of H-pyrrole nitrogens is 3. The quantitative estimate of drug-likeness (QED) is 0.0148. The Labute approximate surface area is 688 Å². The minimum Gasteiger partial charge on any atom is -0.396 e. The summed E-state index contributed by atoms with van der Waals surface area (Å²) in [6.07, 6.45) is 18.1. The van der Waals surface area contributed by atoms with Gasteiger partial charge in [-0.1, -0.05) is 25.6 Å². The van der Waals surface area contributed by atoms with Crippen LogP contribution in [0.15, 0.2) is 208 Å². The van der Waals surface area contributed by atoms with Crippen LogP contribution in [0.25, 0.3) is 66.5 Å². The first-order chi connectivity index (χ1) is 56.6. The number of nitrogen functional groups attached to an aromatic ring is 1. The summed E-state index contributed by atoms with van der Waals surface area (Å²) in [5.74, 6) is -10.8. The predicted molar refractivity (Wildman–Crippen MR) is 445 cm³/mol. The van der Waals surface area contributed by atoms with Crippen molar-refractivity contribution >= 4 is 114 Å². The molecule has 0 aliphatic heterocycles. The van der Waals surface area contributed by atoms with E-state index in [-0.39, 0.29) is 36.2 Å². The molecule has 0 bridgehead atoms. The number of halogens is 10. The number of aliphatic hydroxyl groups is 1. The second-order valence-electron chi connectivity index (χ2n) is 26.9. The molecule has 1 atom stereocenters. The standard InChI is InChI=1S/C22H20F2N4O3S.C22H18F2N4O3S.C12H9N3.C10H11F2NO3S.C9H11F2NO2S.C6H5F2N.CH4/c2*1-12(2)32(30,31)28-18-6-5-17(23)19(20(18)24)21(29)16-11-27-22-15(16)8-14(10-26-22)13-4-3-7-25-9-13;1-2-10(7-13-4-1)11-6-9-3-5-14-12(9)15-8-11;1-6(2)17(15,16)13-9-4-3-8(11)7(5-14)10(9)12;1-6(2)15(13,14)12-9-4-3-7(10)5-8(9)11;7-4-1-2-6(9)5(8)3-4;/h3-12,21,28-29H,1-2H3,(H,26,27);3-12,28H,1-2H3,(H,26,27);1-8H,(H,14,15);3-6,13H,1-2H3;3-6,12H,1-2H3;1-3H,9H2;1H4. The third-order valence-corrected chi connectivity index (χ3v) is 24.3. The molecule has 0 saturated heterocycles. The normalized spacial score (nSPS) is 11.7. The molecule has 0 aliphatic rings. The highest BCUT2D eigenvalue weighted by Crippen LogP contribution is 2.37. The fourth-order valence-electron chi connectivity index (χ4n) is 10.4. The highest BCUT2D eigenvalue weighted by molar-refractivity contribution is 7.94. The van der Waals surface area contributed by atoms with E-state index in [1.54, 1.807) is 67.6 Å². The van der Waals surface area contributed by atoms with E-state index in [1.807, 2.05) is 58.4 Å². The van der Waals surface area contributed by atoms with Gasteiger partial charge in [0.25, 0.3) is 0 Å². The number of aromatic amines is 3. The third-order valence-electron chi connectivity index (χ3n) is 17.4. The zero-order valence-corrected chi connectivity index (χ0v) is 67.6. The van der Waals surface area contributed by atoms with Crippen molar-refractivity contribution < 1.29 is 92.3 Å². The van der Waals surface area contributed by atoms with Crippen molar-refractivity contribution in [3.8, 4) is 33.4 Å². The number of sulfonamides is 4. The fraction of sp³-hybridized carbons (Fsp3) is 0.171. The van der Waals surface area contributed by atoms with E-state index in [9.17, 15) is 83.5 Å². The van der Waals surface area contributed by atoms with Gasteiger partial charge in [0.15, 0.2) is 23.7 Å². The molecule has 0 fully saturated rings. The van der Waals surface area contributed by atoms with E-state index in [1.165, 1.54) is 73.8 Å². The summed E-state index contributed by atoms with van der Waals surface area (Å²) in [5, 5.41) is 9.74. The molecule has 1 unspecified atom stereocenters. The number of benzene rings is 5. The van der Waals surface area contributed by atoms with Gasteiger partial charge in [-0.05, 0) is 159 Å². The van der Waals surface area contributed by atoms with Crippen LogP contribution in [0.1, 0.15) is 106 Å². The monoisotopic (exact) mass is 1750 g/mol. The van der Waals surface area contributed by atoms with Gasteiger partial charge in [-0.2, -0.15) is 0 Å². The molecule has 14 aromatic rings. The molecule has 10 N–H and O–H groups in total. The van der Waals surface area contributed by atoms with Crippen LogP contribution in [0.2, 0.25) is 0 Å². The van der Waals surface area contributed by atoms with Crippen LogP contribution in [0, 0.1) is 58.2 Å². The van der Waals surface area contributed by atoms with E-state index >= 15 is 8.78 Å². The summed E-state index contributed by atoms with van der Waals surface area (Å²) in [7, 11) is -15.1. The van der Waals surface area contributed by atoms with Crippen molar-refractivity contribution in [3.05, 3.63) is 294 Å². The van der Waals surface area contributed by atoms with Gasteiger partial charge in [0.05, 0.1) is 66.1 Å². The molecular formula is C82H78F10N14O11S4. The molecule has 0 saturated carbocycles. The number of nitrogens with zero attached hydrogens (tertiary/aromatic N) is 6. The summed E-state index contributed by atoms with van der Waals surface area (Å²) in [6.45, 7) is 11.4. The van der Waals surface area contributed by atoms with Gasteiger partial charge < -0.3 is 25.8 Å². The number of carbonyl (C=O) groups is 2. The van der Waals surface area contributed by atoms with Crippen LogP contribution in [0.4, 0.5) is 72.3 Å². The maximum atomic E-state index is 15.2. The van der Waals surface area contributed by atoms with Crippen LogP contribution in [-0.4, -0.2) is 117 Å². The van der Waals surface area contributed by atoms with Crippen molar-refractivity contribution in [3.63, 3.8) is 0 Å². The number of rotatable bonds is 20. The minimum atomic E-state index is -3.90. The average Bonchev–Trinajstić information content (AvgIpc) is 0.959. The molecule has 0 spiro atoms. The number of carbonyl (C=O) groups excluding carboxylic acids is 2. The first-order valence-corrected chi connectivity index (χ1v) is 41.7. The highest BCUT2D eigenvalue weighted by atomic mass is 32.2. The van der Waals surface area contributed by atoms with E-state index in [4.69, 9.17) is 5.73 Å². The number of aromatic nitrogens is 9. The van der Waals surface area contributed by atoms with Crippen LogP contribution >= 0.6 is 0 Å². The molecule has 0 amide bonds. The van der Waals surface area contributed by atoms with Crippen molar-refractivity contribution in [1.82, 2.24) is 44.9 Å². The Morgan fingerprint density at radius 3 is 1.31 bits per heavy atom. The third kappa shape index (κ3) is 23.3. The maximum absolute atomic E-state index is 15.2. The summed E-state index contributed by atoms with van der Waals surface area (Å²) in [4.78, 5) is 57.5. The molecule has 25 nitrogen and oxygen atoms in total. The molecule has 5 aromatic carbocycles. The lowest BCUT2D eigenvalue weighted by Gasteiger charge is -2.17. The predicted octanol–water partition coefficient (Wildman–Crippen LogP) is 17.3. The van der Waals surface area contributed by atoms with Crippen molar-refractivity contribution in [2.24, 2.45) is 0 Å². The molecule has 9 heterocycles. The molecule has 0 aliphatic carbocycles. The summed E-state index contributed by atoms with van der Waals surface area (Å²) in [6, 6.07) is 29.8. The van der Waals surface area contributed by atoms with Crippen molar-refractivity contribution in [1.29, 1.82) is 0 Å². The van der Waals surface area contributed by atoms with Crippen LogP contribution in [-0.2, 0) is 40.1 Å². The fourth-order valence-corrected chi connectivity index (χ4v) is 13.2. The second kappa shape index (κ2) is 40.2. The minimum absolute atomic E-state index is 0. The van der Waals surface area contributed by atoms with Crippen molar-refractivity contribution in [2.45, 2.75) is 89.9 Å². The van der Waals surface area contributed by atoms with Gasteiger partial charge in [-0.15, -0.1) is 0 Å². The van der Waals surface area contributed by atoms with E-state index < -0.39 is 165 Å². The smallest absolute Gasteiger partial charge is 0.235 e. The van der Waals surface area contributed by atoms with Crippen LogP contribution in [0.5, 0.6) is 0 Å². The second-order valence-corrected chi connectivity index (χ2v) is 35.9. The summed E-state index contributed by atoms with van der Waals surface area (Å²) in [5.41, 5.74) is 8.05. The van der Waals surface area contributed by atoms with E-state index in [2.05, 4.69) is 60.4 Å². The molecule has 9 aromatic heterocycles. The van der Waals surface area contributed by atoms with Gasteiger partial charge in [0, 0.05) is 147 Å². The Balaban J connectivity index is 0.000000189. The lowest BCUT2D eigenvalue weighted by Crippen LogP contribution is -2.23. The molecule has 0 radical (unpaired) electrons. The van der Waals surface area contributed by atoms with Gasteiger partial charge in [-0.3, -0.25) is 43.4 Å². The van der Waals surface area contributed by atoms with Gasteiger partial charge in [-0.25, -0.2) is 92.5 Å². The Kier molecular flexibility index (Phi) is 31.1. The SMILES string of the molecule is C.CC(C)S(=O)(=O)Nc1ccc(F)c(C(=O)c2c[nH]c3ncc(-c4cccnc4)cc23)c1F.CC(C)S(=O)(=O)Nc1ccc(F)c(C(O)c2c[nH]c3ncc(-c4cccnc4)cc23)c1F.CC(C)S(=O)(=O)Nc1ccc(F)c(C=O)c1F.CC(C)S(=O)(=O)Nc1ccc(F)cc1F.Nc1ccc(F)cc1F.c1cncc(-c2cnc3[nH]ccc3c2)c1. The zero-order valence-electron chi connectivity index (χ0n) is 64.3. The topological polar surface area (TPSA) is 390 Å². The van der Waals surface area contributed by atoms with Crippen molar-refractivity contribution in [2.75, 3.05) is 24.6 Å². The lowest BCUT2D eigenvalue weighted by molar-refractivity contribution is 0.103. The molecule has 14 rings (SSSR count). The van der Waals surface area contributed by atoms with Gasteiger partial charge >= 0.3 is 0 Å². The number of anilines is 5.